The van der Waals surface area contributed by atoms with Crippen molar-refractivity contribution in [2.24, 2.45) is 5.92 Å². The van der Waals surface area contributed by atoms with Crippen molar-refractivity contribution >= 4 is 23.6 Å². The monoisotopic (exact) mass is 300 g/mol. The number of nitrogens with zero attached hydrogens (tertiary/aromatic N) is 1. The number of nitrogens with one attached hydrogen (secondary N) is 1. The molecular weight excluding hydrogens is 276 g/mol. The first-order chi connectivity index (χ1) is 10.5. The third-order valence-corrected chi connectivity index (χ3v) is 3.94. The SMILES string of the molecule is C=Cc1ccccc1NC(=O)C(C(C)C)N(C(C)=O)C1CC1. The van der Waals surface area contributed by atoms with Crippen LogP contribution in [0.2, 0.25) is 0 Å². The molecule has 0 heterocycles. The minimum absolute atomic E-state index is 0.0339. The summed E-state index contributed by atoms with van der Waals surface area (Å²) in [5.41, 5.74) is 1.60. The lowest BCUT2D eigenvalue weighted by Crippen LogP contribution is -2.50. The van der Waals surface area contributed by atoms with Crippen LogP contribution in [0.4, 0.5) is 5.69 Å². The van der Waals surface area contributed by atoms with Crippen molar-refractivity contribution < 1.29 is 9.59 Å². The highest BCUT2D eigenvalue weighted by Gasteiger charge is 2.40. The number of carbonyl (C=O) groups excluding carboxylic acids is 2. The maximum Gasteiger partial charge on any atom is 0.247 e. The summed E-state index contributed by atoms with van der Waals surface area (Å²) in [6.45, 7) is 9.25. The Kier molecular flexibility index (Phi) is 5.01. The van der Waals surface area contributed by atoms with Gasteiger partial charge in [0.05, 0.1) is 0 Å². The molecule has 1 unspecified atom stereocenters. The summed E-state index contributed by atoms with van der Waals surface area (Å²) in [4.78, 5) is 26.5. The van der Waals surface area contributed by atoms with E-state index in [1.54, 1.807) is 17.9 Å². The van der Waals surface area contributed by atoms with E-state index in [-0.39, 0.29) is 23.8 Å². The highest BCUT2D eigenvalue weighted by molar-refractivity contribution is 5.98. The van der Waals surface area contributed by atoms with Gasteiger partial charge in [0.1, 0.15) is 6.04 Å². The van der Waals surface area contributed by atoms with Gasteiger partial charge in [-0.1, -0.05) is 44.7 Å². The van der Waals surface area contributed by atoms with Crippen LogP contribution >= 0.6 is 0 Å². The van der Waals surface area contributed by atoms with Gasteiger partial charge in [-0.05, 0) is 30.4 Å². The third kappa shape index (κ3) is 3.56. The van der Waals surface area contributed by atoms with E-state index in [0.717, 1.165) is 24.1 Å². The Balaban J connectivity index is 2.23. The largest absolute Gasteiger partial charge is 0.328 e. The van der Waals surface area contributed by atoms with E-state index in [1.807, 2.05) is 38.1 Å². The molecule has 1 saturated carbocycles. The van der Waals surface area contributed by atoms with Gasteiger partial charge in [0, 0.05) is 18.7 Å². The second kappa shape index (κ2) is 6.77. The predicted octanol–water partition coefficient (Wildman–Crippen LogP) is 3.30. The van der Waals surface area contributed by atoms with Crippen molar-refractivity contribution in [3.63, 3.8) is 0 Å². The van der Waals surface area contributed by atoms with Gasteiger partial charge in [0.25, 0.3) is 0 Å². The number of anilines is 1. The molecule has 1 aromatic carbocycles. The lowest BCUT2D eigenvalue weighted by Gasteiger charge is -2.33. The molecule has 0 aliphatic heterocycles. The molecule has 1 fully saturated rings. The molecule has 2 rings (SSSR count). The lowest BCUT2D eigenvalue weighted by molar-refractivity contribution is -0.139. The van der Waals surface area contributed by atoms with Gasteiger partial charge in [0.15, 0.2) is 0 Å². The molecule has 1 aliphatic carbocycles. The molecule has 1 atom stereocenters. The standard InChI is InChI=1S/C18H24N2O2/c1-5-14-8-6-7-9-16(14)19-18(22)17(12(2)3)20(13(4)21)15-10-11-15/h5-9,12,15,17H,1,10-11H2,2-4H3,(H,19,22). The zero-order valence-corrected chi connectivity index (χ0v) is 13.5. The highest BCUT2D eigenvalue weighted by atomic mass is 16.2. The van der Waals surface area contributed by atoms with Crippen molar-refractivity contribution in [2.75, 3.05) is 5.32 Å². The fourth-order valence-corrected chi connectivity index (χ4v) is 2.78. The molecule has 0 radical (unpaired) electrons. The van der Waals surface area contributed by atoms with E-state index < -0.39 is 6.04 Å². The number of amides is 2. The molecule has 0 saturated heterocycles. The van der Waals surface area contributed by atoms with Gasteiger partial charge in [-0.15, -0.1) is 0 Å². The average molecular weight is 300 g/mol. The first kappa shape index (κ1) is 16.3. The second-order valence-electron chi connectivity index (χ2n) is 6.13. The molecule has 2 amide bonds. The van der Waals surface area contributed by atoms with Crippen LogP contribution in [0.1, 0.15) is 39.2 Å². The maximum atomic E-state index is 12.8. The molecule has 4 heteroatoms. The lowest BCUT2D eigenvalue weighted by atomic mass is 10.0. The van der Waals surface area contributed by atoms with Crippen molar-refractivity contribution in [2.45, 2.75) is 45.7 Å². The van der Waals surface area contributed by atoms with E-state index in [4.69, 9.17) is 0 Å². The molecule has 0 spiro atoms. The molecule has 118 valence electrons. The van der Waals surface area contributed by atoms with Gasteiger partial charge < -0.3 is 10.2 Å². The molecule has 1 aliphatic rings. The van der Waals surface area contributed by atoms with E-state index >= 15 is 0 Å². The second-order valence-corrected chi connectivity index (χ2v) is 6.13. The molecule has 1 N–H and O–H groups in total. The Labute approximate surface area is 132 Å². The summed E-state index contributed by atoms with van der Waals surface area (Å²) >= 11 is 0. The maximum absolute atomic E-state index is 12.8. The fraction of sp³-hybridized carbons (Fsp3) is 0.444. The number of hydrogen-bond acceptors (Lipinski definition) is 2. The van der Waals surface area contributed by atoms with Crippen LogP contribution in [0.25, 0.3) is 6.08 Å². The normalized spacial score (nSPS) is 15.3. The summed E-state index contributed by atoms with van der Waals surface area (Å²) in [5, 5.41) is 2.96. The van der Waals surface area contributed by atoms with Crippen LogP contribution in [-0.2, 0) is 9.59 Å². The number of benzene rings is 1. The third-order valence-electron chi connectivity index (χ3n) is 3.94. The van der Waals surface area contributed by atoms with E-state index in [0.29, 0.717) is 0 Å². The zero-order valence-electron chi connectivity index (χ0n) is 13.5. The molecular formula is C18H24N2O2. The Morgan fingerprint density at radius 2 is 1.95 bits per heavy atom. The topological polar surface area (TPSA) is 49.4 Å². The van der Waals surface area contributed by atoms with E-state index in [2.05, 4.69) is 11.9 Å². The molecule has 1 aromatic rings. The van der Waals surface area contributed by atoms with Gasteiger partial charge in [-0.25, -0.2) is 0 Å². The van der Waals surface area contributed by atoms with Crippen LogP contribution < -0.4 is 5.32 Å². The Morgan fingerprint density at radius 1 is 1.32 bits per heavy atom. The molecule has 4 nitrogen and oxygen atoms in total. The minimum atomic E-state index is -0.442. The van der Waals surface area contributed by atoms with Crippen LogP contribution in [-0.4, -0.2) is 28.8 Å². The average Bonchev–Trinajstić information content (AvgIpc) is 3.28. The zero-order chi connectivity index (χ0) is 16.3. The molecule has 22 heavy (non-hydrogen) atoms. The minimum Gasteiger partial charge on any atom is -0.328 e. The van der Waals surface area contributed by atoms with Crippen molar-refractivity contribution in [3.05, 3.63) is 36.4 Å². The summed E-state index contributed by atoms with van der Waals surface area (Å²) in [5.74, 6) is -0.111. The number of hydrogen-bond donors (Lipinski definition) is 1. The number of rotatable bonds is 6. The van der Waals surface area contributed by atoms with Gasteiger partial charge >= 0.3 is 0 Å². The van der Waals surface area contributed by atoms with Gasteiger partial charge in [-0.3, -0.25) is 9.59 Å². The first-order valence-corrected chi connectivity index (χ1v) is 7.77. The number of para-hydroxylation sites is 1. The first-order valence-electron chi connectivity index (χ1n) is 7.77. The molecule has 0 aromatic heterocycles. The Bertz CT molecular complexity index is 576. The van der Waals surface area contributed by atoms with Crippen molar-refractivity contribution in [1.29, 1.82) is 0 Å². The van der Waals surface area contributed by atoms with Crippen molar-refractivity contribution in [3.8, 4) is 0 Å². The molecule has 0 bridgehead atoms. The Morgan fingerprint density at radius 3 is 2.45 bits per heavy atom. The summed E-state index contributed by atoms with van der Waals surface area (Å²) in [7, 11) is 0. The van der Waals surface area contributed by atoms with Crippen LogP contribution in [0.5, 0.6) is 0 Å². The number of carbonyl (C=O) groups is 2. The quantitative estimate of drug-likeness (QED) is 0.876. The van der Waals surface area contributed by atoms with E-state index in [1.165, 1.54) is 0 Å². The van der Waals surface area contributed by atoms with Gasteiger partial charge in [-0.2, -0.15) is 0 Å². The van der Waals surface area contributed by atoms with Gasteiger partial charge in [0.2, 0.25) is 11.8 Å². The summed E-state index contributed by atoms with van der Waals surface area (Å²) < 4.78 is 0. The summed E-state index contributed by atoms with van der Waals surface area (Å²) in [6.07, 6.45) is 3.68. The van der Waals surface area contributed by atoms with Crippen molar-refractivity contribution in [1.82, 2.24) is 4.90 Å². The summed E-state index contributed by atoms with van der Waals surface area (Å²) in [6, 6.07) is 7.29. The van der Waals surface area contributed by atoms with E-state index in [9.17, 15) is 9.59 Å². The Hall–Kier alpha value is -2.10. The fourth-order valence-electron chi connectivity index (χ4n) is 2.78. The smallest absolute Gasteiger partial charge is 0.247 e. The highest BCUT2D eigenvalue weighted by Crippen LogP contribution is 2.31. The van der Waals surface area contributed by atoms with Crippen LogP contribution in [0.15, 0.2) is 30.8 Å². The van der Waals surface area contributed by atoms with Crippen LogP contribution in [0, 0.1) is 5.92 Å². The predicted molar refractivity (Wildman–Crippen MR) is 89.3 cm³/mol. The van der Waals surface area contributed by atoms with Crippen LogP contribution in [0.3, 0.4) is 0 Å².